The van der Waals surface area contributed by atoms with Gasteiger partial charge in [-0.05, 0) is 37.5 Å². The standard InChI is InChI=1S/C28H46O4/c1-3-4-5-6-7-8-9-10-11-12-13-14-15-16-23-31-27(29)21-18-22-28(30)32-26-20-17-19-25(2)24-26/h17,19-20,24H,3-16,18,21-23H2,1-2H3. The summed E-state index contributed by atoms with van der Waals surface area (Å²) in [6, 6.07) is 7.39. The normalized spacial score (nSPS) is 10.8. The maximum atomic E-state index is 11.8. The van der Waals surface area contributed by atoms with Crippen LogP contribution in [0.5, 0.6) is 5.75 Å². The van der Waals surface area contributed by atoms with Gasteiger partial charge in [-0.2, -0.15) is 0 Å². The van der Waals surface area contributed by atoms with Crippen LogP contribution in [0.2, 0.25) is 0 Å². The quantitative estimate of drug-likeness (QED) is 0.115. The summed E-state index contributed by atoms with van der Waals surface area (Å²) in [4.78, 5) is 23.6. The van der Waals surface area contributed by atoms with Gasteiger partial charge in [-0.3, -0.25) is 9.59 Å². The summed E-state index contributed by atoms with van der Waals surface area (Å²) < 4.78 is 10.6. The summed E-state index contributed by atoms with van der Waals surface area (Å²) in [5.74, 6) is 0.0220. The van der Waals surface area contributed by atoms with E-state index in [9.17, 15) is 9.59 Å². The van der Waals surface area contributed by atoms with E-state index in [-0.39, 0.29) is 24.8 Å². The lowest BCUT2D eigenvalue weighted by Crippen LogP contribution is -2.10. The second-order valence-corrected chi connectivity index (χ2v) is 8.96. The van der Waals surface area contributed by atoms with Gasteiger partial charge < -0.3 is 9.47 Å². The Morgan fingerprint density at radius 2 is 1.22 bits per heavy atom. The topological polar surface area (TPSA) is 52.6 Å². The highest BCUT2D eigenvalue weighted by Crippen LogP contribution is 2.14. The lowest BCUT2D eigenvalue weighted by atomic mass is 10.0. The summed E-state index contributed by atoms with van der Waals surface area (Å²) >= 11 is 0. The van der Waals surface area contributed by atoms with Crippen molar-refractivity contribution in [3.8, 4) is 5.75 Å². The van der Waals surface area contributed by atoms with Gasteiger partial charge in [0.1, 0.15) is 5.75 Å². The fourth-order valence-corrected chi connectivity index (χ4v) is 3.79. The average Bonchev–Trinajstić information content (AvgIpc) is 2.76. The highest BCUT2D eigenvalue weighted by molar-refractivity contribution is 5.74. The zero-order chi connectivity index (χ0) is 23.3. The smallest absolute Gasteiger partial charge is 0.311 e. The van der Waals surface area contributed by atoms with E-state index in [1.807, 2.05) is 25.1 Å². The SMILES string of the molecule is CCCCCCCCCCCCCCCCOC(=O)CCCC(=O)Oc1cccc(C)c1. The van der Waals surface area contributed by atoms with Crippen molar-refractivity contribution >= 4 is 11.9 Å². The van der Waals surface area contributed by atoms with Crippen molar-refractivity contribution < 1.29 is 19.1 Å². The van der Waals surface area contributed by atoms with Gasteiger partial charge >= 0.3 is 11.9 Å². The van der Waals surface area contributed by atoms with Crippen LogP contribution in [0.4, 0.5) is 0 Å². The molecule has 0 spiro atoms. The molecular formula is C28H46O4. The minimum atomic E-state index is -0.310. The fourth-order valence-electron chi connectivity index (χ4n) is 3.79. The number of benzene rings is 1. The van der Waals surface area contributed by atoms with E-state index in [4.69, 9.17) is 9.47 Å². The predicted molar refractivity (Wildman–Crippen MR) is 132 cm³/mol. The summed E-state index contributed by atoms with van der Waals surface area (Å²) in [6.45, 7) is 4.71. The van der Waals surface area contributed by atoms with Gasteiger partial charge in [0, 0.05) is 12.8 Å². The Balaban J connectivity index is 1.84. The summed E-state index contributed by atoms with van der Waals surface area (Å²) in [5.41, 5.74) is 1.04. The molecular weight excluding hydrogens is 400 g/mol. The Kier molecular flexibility index (Phi) is 17.5. The number of carbonyl (C=O) groups excluding carboxylic acids is 2. The molecule has 0 fully saturated rings. The van der Waals surface area contributed by atoms with Gasteiger partial charge in [-0.15, -0.1) is 0 Å². The van der Waals surface area contributed by atoms with E-state index in [0.717, 1.165) is 18.4 Å². The van der Waals surface area contributed by atoms with Crippen LogP contribution in [-0.2, 0) is 14.3 Å². The first-order valence-corrected chi connectivity index (χ1v) is 13.0. The molecule has 1 rings (SSSR count). The first kappa shape index (κ1) is 28.2. The zero-order valence-electron chi connectivity index (χ0n) is 20.7. The minimum absolute atomic E-state index is 0.219. The average molecular weight is 447 g/mol. The van der Waals surface area contributed by atoms with Crippen LogP contribution in [0.25, 0.3) is 0 Å². The van der Waals surface area contributed by atoms with Crippen LogP contribution in [0.15, 0.2) is 24.3 Å². The molecule has 4 nitrogen and oxygen atoms in total. The van der Waals surface area contributed by atoms with Crippen LogP contribution in [0.1, 0.15) is 122 Å². The molecule has 0 heterocycles. The van der Waals surface area contributed by atoms with E-state index >= 15 is 0 Å². The van der Waals surface area contributed by atoms with Gasteiger partial charge in [0.15, 0.2) is 0 Å². The zero-order valence-corrected chi connectivity index (χ0v) is 20.7. The van der Waals surface area contributed by atoms with Crippen LogP contribution < -0.4 is 4.74 Å². The van der Waals surface area contributed by atoms with Gasteiger partial charge in [0.05, 0.1) is 6.61 Å². The lowest BCUT2D eigenvalue weighted by Gasteiger charge is -2.06. The third-order valence-electron chi connectivity index (χ3n) is 5.74. The molecule has 0 aromatic heterocycles. The Hall–Kier alpha value is -1.84. The largest absolute Gasteiger partial charge is 0.466 e. The van der Waals surface area contributed by atoms with E-state index in [1.54, 1.807) is 6.07 Å². The molecule has 0 saturated carbocycles. The predicted octanol–water partition coefficient (Wildman–Crippen LogP) is 8.10. The van der Waals surface area contributed by atoms with Gasteiger partial charge in [0.25, 0.3) is 0 Å². The first-order chi connectivity index (χ1) is 15.6. The Labute approximate surface area is 196 Å². The molecule has 0 saturated heterocycles. The highest BCUT2D eigenvalue weighted by atomic mass is 16.5. The molecule has 182 valence electrons. The van der Waals surface area contributed by atoms with Crippen molar-refractivity contribution in [2.75, 3.05) is 6.61 Å². The maximum absolute atomic E-state index is 11.8. The summed E-state index contributed by atoms with van der Waals surface area (Å²) in [6.07, 6.45) is 19.3. The van der Waals surface area contributed by atoms with Crippen LogP contribution >= 0.6 is 0 Å². The molecule has 0 aliphatic heterocycles. The number of carbonyl (C=O) groups is 2. The molecule has 1 aromatic carbocycles. The molecule has 0 atom stereocenters. The van der Waals surface area contributed by atoms with Crippen molar-refractivity contribution in [3.05, 3.63) is 29.8 Å². The fraction of sp³-hybridized carbons (Fsp3) is 0.714. The number of unbranched alkanes of at least 4 members (excludes halogenated alkanes) is 13. The molecule has 1 aromatic rings. The van der Waals surface area contributed by atoms with Crippen molar-refractivity contribution in [3.63, 3.8) is 0 Å². The Bertz CT molecular complexity index is 611. The number of esters is 2. The molecule has 0 radical (unpaired) electrons. The number of ether oxygens (including phenoxy) is 2. The summed E-state index contributed by atoms with van der Waals surface area (Å²) in [7, 11) is 0. The van der Waals surface area contributed by atoms with Gasteiger partial charge in [0.2, 0.25) is 0 Å². The molecule has 0 aliphatic rings. The molecule has 0 N–H and O–H groups in total. The van der Waals surface area contributed by atoms with Gasteiger partial charge in [-0.1, -0.05) is 103 Å². The Morgan fingerprint density at radius 1 is 0.688 bits per heavy atom. The van der Waals surface area contributed by atoms with E-state index in [0.29, 0.717) is 18.8 Å². The highest BCUT2D eigenvalue weighted by Gasteiger charge is 2.08. The van der Waals surface area contributed by atoms with Crippen molar-refractivity contribution in [2.45, 2.75) is 123 Å². The van der Waals surface area contributed by atoms with Crippen LogP contribution in [0.3, 0.4) is 0 Å². The third-order valence-corrected chi connectivity index (χ3v) is 5.74. The van der Waals surface area contributed by atoms with Gasteiger partial charge in [-0.25, -0.2) is 0 Å². The molecule has 0 amide bonds. The Morgan fingerprint density at radius 3 is 1.78 bits per heavy atom. The number of rotatable bonds is 20. The lowest BCUT2D eigenvalue weighted by molar-refractivity contribution is -0.144. The number of hydrogen-bond donors (Lipinski definition) is 0. The number of aryl methyl sites for hydroxylation is 1. The van der Waals surface area contributed by atoms with E-state index in [1.165, 1.54) is 77.0 Å². The molecule has 0 unspecified atom stereocenters. The monoisotopic (exact) mass is 446 g/mol. The second kappa shape index (κ2) is 19.8. The molecule has 0 bridgehead atoms. The molecule has 32 heavy (non-hydrogen) atoms. The van der Waals surface area contributed by atoms with Crippen LogP contribution in [-0.4, -0.2) is 18.5 Å². The second-order valence-electron chi connectivity index (χ2n) is 8.96. The maximum Gasteiger partial charge on any atom is 0.311 e. The number of hydrogen-bond acceptors (Lipinski definition) is 4. The molecule has 4 heteroatoms. The van der Waals surface area contributed by atoms with E-state index in [2.05, 4.69) is 6.92 Å². The third kappa shape index (κ3) is 16.8. The minimum Gasteiger partial charge on any atom is -0.466 e. The molecule has 0 aliphatic carbocycles. The summed E-state index contributed by atoms with van der Waals surface area (Å²) in [5, 5.41) is 0. The van der Waals surface area contributed by atoms with Crippen molar-refractivity contribution in [2.24, 2.45) is 0 Å². The van der Waals surface area contributed by atoms with Crippen molar-refractivity contribution in [1.29, 1.82) is 0 Å². The van der Waals surface area contributed by atoms with Crippen molar-refractivity contribution in [1.82, 2.24) is 0 Å². The van der Waals surface area contributed by atoms with Crippen LogP contribution in [0, 0.1) is 6.92 Å². The van der Waals surface area contributed by atoms with E-state index < -0.39 is 0 Å². The first-order valence-electron chi connectivity index (χ1n) is 13.0.